The summed E-state index contributed by atoms with van der Waals surface area (Å²) in [7, 11) is 1.93. The molecular weight excluding hydrogens is 294 g/mol. The van der Waals surface area contributed by atoms with Gasteiger partial charge in [-0.2, -0.15) is 5.10 Å². The zero-order valence-electron chi connectivity index (χ0n) is 13.8. The van der Waals surface area contributed by atoms with Crippen LogP contribution < -0.4 is 15.5 Å². The second kappa shape index (κ2) is 6.22. The predicted molar refractivity (Wildman–Crippen MR) is 86.9 cm³/mol. The van der Waals surface area contributed by atoms with E-state index in [9.17, 15) is 9.59 Å². The standard InChI is InChI=1S/C16H25N5O2/c1-16(7-5-13(22)17-11-16)15(23)19-12-4-3-9-21(10-12)14-6-8-18-20(14)2/h6,8,12H,3-5,7,9-11H2,1-2H3,(H,17,22)(H,19,23)/t12-,16+/m0/s1. The lowest BCUT2D eigenvalue weighted by atomic mass is 9.81. The number of piperidine rings is 2. The summed E-state index contributed by atoms with van der Waals surface area (Å²) >= 11 is 0. The third-order valence-corrected chi connectivity index (χ3v) is 5.00. The average Bonchev–Trinajstić information content (AvgIpc) is 2.97. The molecule has 0 spiro atoms. The first-order valence-corrected chi connectivity index (χ1v) is 8.28. The average molecular weight is 319 g/mol. The van der Waals surface area contributed by atoms with E-state index in [4.69, 9.17) is 0 Å². The number of carbonyl (C=O) groups excluding carboxylic acids is 2. The highest BCUT2D eigenvalue weighted by molar-refractivity contribution is 5.86. The van der Waals surface area contributed by atoms with Crippen LogP contribution in [-0.2, 0) is 16.6 Å². The van der Waals surface area contributed by atoms with Crippen molar-refractivity contribution < 1.29 is 9.59 Å². The van der Waals surface area contributed by atoms with Gasteiger partial charge in [0.2, 0.25) is 11.8 Å². The van der Waals surface area contributed by atoms with Gasteiger partial charge in [0.1, 0.15) is 5.82 Å². The summed E-state index contributed by atoms with van der Waals surface area (Å²) in [5.74, 6) is 1.17. The van der Waals surface area contributed by atoms with Gasteiger partial charge in [-0.15, -0.1) is 0 Å². The third-order valence-electron chi connectivity index (χ3n) is 5.00. The van der Waals surface area contributed by atoms with Crippen LogP contribution in [-0.4, -0.2) is 47.3 Å². The quantitative estimate of drug-likeness (QED) is 0.846. The van der Waals surface area contributed by atoms with Crippen molar-refractivity contribution in [3.63, 3.8) is 0 Å². The molecule has 126 valence electrons. The van der Waals surface area contributed by atoms with Crippen molar-refractivity contribution in [1.29, 1.82) is 0 Å². The monoisotopic (exact) mass is 319 g/mol. The van der Waals surface area contributed by atoms with Gasteiger partial charge in [0.05, 0.1) is 11.6 Å². The molecule has 0 unspecified atom stereocenters. The number of carbonyl (C=O) groups is 2. The maximum absolute atomic E-state index is 12.7. The van der Waals surface area contributed by atoms with Gasteiger partial charge in [-0.25, -0.2) is 0 Å². The fraction of sp³-hybridized carbons (Fsp3) is 0.688. The molecule has 2 amide bonds. The van der Waals surface area contributed by atoms with Crippen molar-refractivity contribution >= 4 is 17.6 Å². The first-order valence-electron chi connectivity index (χ1n) is 8.28. The second-order valence-corrected chi connectivity index (χ2v) is 6.91. The van der Waals surface area contributed by atoms with Crippen LogP contribution in [0.25, 0.3) is 0 Å². The molecule has 2 fully saturated rings. The number of nitrogens with one attached hydrogen (secondary N) is 2. The summed E-state index contributed by atoms with van der Waals surface area (Å²) in [6.07, 6.45) is 4.87. The summed E-state index contributed by atoms with van der Waals surface area (Å²) in [6, 6.07) is 2.14. The Bertz CT molecular complexity index is 587. The number of amides is 2. The smallest absolute Gasteiger partial charge is 0.228 e. The highest BCUT2D eigenvalue weighted by Gasteiger charge is 2.38. The summed E-state index contributed by atoms with van der Waals surface area (Å²) in [4.78, 5) is 26.2. The van der Waals surface area contributed by atoms with Gasteiger partial charge in [-0.05, 0) is 26.2 Å². The van der Waals surface area contributed by atoms with Crippen LogP contribution in [0.3, 0.4) is 0 Å². The Morgan fingerprint density at radius 2 is 2.35 bits per heavy atom. The summed E-state index contributed by atoms with van der Waals surface area (Å²) in [5.41, 5.74) is -0.497. The van der Waals surface area contributed by atoms with E-state index in [1.54, 1.807) is 6.20 Å². The first-order chi connectivity index (χ1) is 11.0. The van der Waals surface area contributed by atoms with E-state index in [-0.39, 0.29) is 17.9 Å². The van der Waals surface area contributed by atoms with Crippen molar-refractivity contribution in [3.05, 3.63) is 12.3 Å². The number of anilines is 1. The number of aromatic nitrogens is 2. The summed E-state index contributed by atoms with van der Waals surface area (Å²) in [5, 5.41) is 10.2. The predicted octanol–water partition coefficient (Wildman–Crippen LogP) is 0.421. The van der Waals surface area contributed by atoms with E-state index in [1.165, 1.54) is 0 Å². The Hall–Kier alpha value is -2.05. The summed E-state index contributed by atoms with van der Waals surface area (Å²) < 4.78 is 1.86. The lowest BCUT2D eigenvalue weighted by Gasteiger charge is -2.38. The van der Waals surface area contributed by atoms with E-state index >= 15 is 0 Å². The molecular formula is C16H25N5O2. The Labute approximate surface area is 136 Å². The maximum Gasteiger partial charge on any atom is 0.228 e. The highest BCUT2D eigenvalue weighted by Crippen LogP contribution is 2.27. The fourth-order valence-corrected chi connectivity index (χ4v) is 3.39. The molecule has 7 heteroatoms. The molecule has 0 bridgehead atoms. The van der Waals surface area contributed by atoms with Crippen molar-refractivity contribution in [2.75, 3.05) is 24.5 Å². The highest BCUT2D eigenvalue weighted by atomic mass is 16.2. The Morgan fingerprint density at radius 1 is 1.52 bits per heavy atom. The Kier molecular flexibility index (Phi) is 4.28. The lowest BCUT2D eigenvalue weighted by Crippen LogP contribution is -2.55. The molecule has 3 rings (SSSR count). The first kappa shape index (κ1) is 15.8. The summed E-state index contributed by atoms with van der Waals surface area (Å²) in [6.45, 7) is 4.15. The molecule has 3 heterocycles. The van der Waals surface area contributed by atoms with Crippen LogP contribution >= 0.6 is 0 Å². The van der Waals surface area contributed by atoms with Gasteiger partial charge in [0.25, 0.3) is 0 Å². The van der Waals surface area contributed by atoms with Gasteiger partial charge >= 0.3 is 0 Å². The number of hydrogen-bond donors (Lipinski definition) is 2. The third kappa shape index (κ3) is 3.33. The van der Waals surface area contributed by atoms with Crippen LogP contribution in [0.5, 0.6) is 0 Å². The van der Waals surface area contributed by atoms with Crippen LogP contribution in [0.1, 0.15) is 32.6 Å². The van der Waals surface area contributed by atoms with Crippen LogP contribution in [0.15, 0.2) is 12.3 Å². The Morgan fingerprint density at radius 3 is 3.00 bits per heavy atom. The van der Waals surface area contributed by atoms with Gasteiger partial charge in [-0.3, -0.25) is 14.3 Å². The number of hydrogen-bond acceptors (Lipinski definition) is 4. The lowest BCUT2D eigenvalue weighted by molar-refractivity contribution is -0.135. The number of rotatable bonds is 3. The molecule has 0 radical (unpaired) electrons. The van der Waals surface area contributed by atoms with E-state index in [1.807, 2.05) is 24.7 Å². The van der Waals surface area contributed by atoms with Crippen LogP contribution in [0, 0.1) is 5.41 Å². The minimum atomic E-state index is -0.497. The van der Waals surface area contributed by atoms with Crippen LogP contribution in [0.4, 0.5) is 5.82 Å². The topological polar surface area (TPSA) is 79.3 Å². The van der Waals surface area contributed by atoms with Crippen LogP contribution in [0.2, 0.25) is 0 Å². The number of aryl methyl sites for hydroxylation is 1. The van der Waals surface area contributed by atoms with E-state index in [0.29, 0.717) is 19.4 Å². The number of nitrogens with zero attached hydrogens (tertiary/aromatic N) is 3. The molecule has 2 aliphatic heterocycles. The molecule has 1 aromatic rings. The molecule has 0 aromatic carbocycles. The minimum absolute atomic E-state index is 0.0373. The minimum Gasteiger partial charge on any atom is -0.355 e. The zero-order valence-corrected chi connectivity index (χ0v) is 13.8. The fourth-order valence-electron chi connectivity index (χ4n) is 3.39. The van der Waals surface area contributed by atoms with Gasteiger partial charge in [-0.1, -0.05) is 0 Å². The SMILES string of the molecule is Cn1nccc1N1CCC[C@H](NC(=O)[C@]2(C)CCC(=O)NC2)C1. The molecule has 2 aliphatic rings. The molecule has 7 nitrogen and oxygen atoms in total. The van der Waals surface area contributed by atoms with E-state index < -0.39 is 5.41 Å². The molecule has 2 saturated heterocycles. The Balaban J connectivity index is 1.60. The molecule has 0 saturated carbocycles. The largest absolute Gasteiger partial charge is 0.355 e. The maximum atomic E-state index is 12.7. The van der Waals surface area contributed by atoms with E-state index in [2.05, 4.69) is 20.6 Å². The van der Waals surface area contributed by atoms with Crippen molar-refractivity contribution in [2.24, 2.45) is 12.5 Å². The second-order valence-electron chi connectivity index (χ2n) is 6.91. The van der Waals surface area contributed by atoms with Gasteiger partial charge < -0.3 is 15.5 Å². The normalized spacial score (nSPS) is 28.3. The van der Waals surface area contributed by atoms with E-state index in [0.717, 1.165) is 31.7 Å². The van der Waals surface area contributed by atoms with Gasteiger partial charge in [0.15, 0.2) is 0 Å². The molecule has 2 N–H and O–H groups in total. The molecule has 2 atom stereocenters. The van der Waals surface area contributed by atoms with Crippen molar-refractivity contribution in [2.45, 2.75) is 38.6 Å². The van der Waals surface area contributed by atoms with Crippen molar-refractivity contribution in [1.82, 2.24) is 20.4 Å². The van der Waals surface area contributed by atoms with Crippen molar-refractivity contribution in [3.8, 4) is 0 Å². The molecule has 23 heavy (non-hydrogen) atoms. The molecule has 0 aliphatic carbocycles. The zero-order chi connectivity index (χ0) is 16.4. The van der Waals surface area contributed by atoms with Gasteiger partial charge in [0, 0.05) is 45.2 Å². The molecule has 1 aromatic heterocycles.